The summed E-state index contributed by atoms with van der Waals surface area (Å²) >= 11 is 9.21. The summed E-state index contributed by atoms with van der Waals surface area (Å²) < 4.78 is 27.0. The number of thiophene rings is 1. The molecule has 4 rings (SSSR count). The Balaban J connectivity index is 1.37. The van der Waals surface area contributed by atoms with Crippen LogP contribution in [-0.4, -0.2) is 54.7 Å². The number of hydrogen-bond acceptors (Lipinski definition) is 6. The number of thiazole rings is 1. The number of halogens is 1. The van der Waals surface area contributed by atoms with Crippen LogP contribution >= 0.6 is 34.3 Å². The zero-order valence-corrected chi connectivity index (χ0v) is 18.5. The molecule has 0 N–H and O–H groups in total. The largest absolute Gasteiger partial charge is 0.340 e. The summed E-state index contributed by atoms with van der Waals surface area (Å²) in [5.74, 6) is -0.0391. The molecule has 0 spiro atoms. The van der Waals surface area contributed by atoms with Gasteiger partial charge in [-0.2, -0.15) is 4.31 Å². The van der Waals surface area contributed by atoms with Gasteiger partial charge in [0.05, 0.1) is 22.0 Å². The first-order valence-corrected chi connectivity index (χ1v) is 12.5. The molecule has 152 valence electrons. The van der Waals surface area contributed by atoms with Gasteiger partial charge in [0, 0.05) is 31.6 Å². The third-order valence-corrected chi connectivity index (χ3v) is 8.99. The van der Waals surface area contributed by atoms with Crippen LogP contribution in [0.4, 0.5) is 0 Å². The molecule has 0 bridgehead atoms. The molecule has 0 atom stereocenters. The lowest BCUT2D eigenvalue weighted by atomic mass is 10.2. The minimum Gasteiger partial charge on any atom is -0.340 e. The van der Waals surface area contributed by atoms with Crippen LogP contribution in [0.2, 0.25) is 5.02 Å². The van der Waals surface area contributed by atoms with Crippen LogP contribution < -0.4 is 0 Å². The second kappa shape index (κ2) is 8.53. The van der Waals surface area contributed by atoms with Crippen molar-refractivity contribution in [3.05, 3.63) is 57.9 Å². The van der Waals surface area contributed by atoms with Gasteiger partial charge in [-0.15, -0.1) is 22.7 Å². The van der Waals surface area contributed by atoms with E-state index >= 15 is 0 Å². The van der Waals surface area contributed by atoms with E-state index in [0.717, 1.165) is 15.6 Å². The Morgan fingerprint density at radius 2 is 1.83 bits per heavy atom. The van der Waals surface area contributed by atoms with Crippen LogP contribution in [0.3, 0.4) is 0 Å². The van der Waals surface area contributed by atoms with Crippen molar-refractivity contribution in [2.75, 3.05) is 26.2 Å². The Kier molecular flexibility index (Phi) is 6.03. The van der Waals surface area contributed by atoms with Crippen LogP contribution in [0.5, 0.6) is 0 Å². The van der Waals surface area contributed by atoms with Crippen LogP contribution in [0.1, 0.15) is 5.69 Å². The highest BCUT2D eigenvalue weighted by Gasteiger charge is 2.31. The van der Waals surface area contributed by atoms with Gasteiger partial charge in [-0.05, 0) is 23.6 Å². The standard InChI is InChI=1S/C19H18ClN3O3S3/c20-15-4-1-2-6-17(15)29(25,26)23-9-7-22(8-10-23)18(24)12-14-13-28-19(21-14)16-5-3-11-27-16/h1-6,11,13H,7-10,12H2. The van der Waals surface area contributed by atoms with Crippen molar-refractivity contribution in [1.82, 2.24) is 14.2 Å². The number of aromatic nitrogens is 1. The maximum atomic E-state index is 12.8. The van der Waals surface area contributed by atoms with Gasteiger partial charge in [0.2, 0.25) is 15.9 Å². The van der Waals surface area contributed by atoms with Crippen molar-refractivity contribution in [3.63, 3.8) is 0 Å². The summed E-state index contributed by atoms with van der Waals surface area (Å²) in [4.78, 5) is 20.1. The molecule has 1 aromatic carbocycles. The molecule has 3 aromatic rings. The van der Waals surface area contributed by atoms with Crippen molar-refractivity contribution >= 4 is 50.2 Å². The third kappa shape index (κ3) is 4.39. The van der Waals surface area contributed by atoms with Gasteiger partial charge in [0.25, 0.3) is 0 Å². The molecule has 6 nitrogen and oxygen atoms in total. The van der Waals surface area contributed by atoms with Crippen LogP contribution in [0.15, 0.2) is 52.1 Å². The smallest absolute Gasteiger partial charge is 0.244 e. The molecule has 1 amide bonds. The Bertz CT molecular complexity index is 1100. The number of benzene rings is 1. The number of amides is 1. The first-order valence-electron chi connectivity index (χ1n) is 8.96. The average Bonchev–Trinajstić information content (AvgIpc) is 3.40. The van der Waals surface area contributed by atoms with E-state index in [1.165, 1.54) is 21.7 Å². The molecule has 1 fully saturated rings. The Hall–Kier alpha value is -1.78. The summed E-state index contributed by atoms with van der Waals surface area (Å²) in [6.07, 6.45) is 0.221. The summed E-state index contributed by atoms with van der Waals surface area (Å²) in [6.45, 7) is 1.20. The highest BCUT2D eigenvalue weighted by atomic mass is 35.5. The van der Waals surface area contributed by atoms with Crippen molar-refractivity contribution in [2.24, 2.45) is 0 Å². The maximum absolute atomic E-state index is 12.8. The fourth-order valence-corrected chi connectivity index (χ4v) is 6.69. The maximum Gasteiger partial charge on any atom is 0.244 e. The van der Waals surface area contributed by atoms with E-state index in [2.05, 4.69) is 4.98 Å². The lowest BCUT2D eigenvalue weighted by Crippen LogP contribution is -2.50. The Morgan fingerprint density at radius 1 is 1.07 bits per heavy atom. The summed E-state index contributed by atoms with van der Waals surface area (Å²) in [6, 6.07) is 10.4. The summed E-state index contributed by atoms with van der Waals surface area (Å²) in [7, 11) is -3.67. The molecule has 3 heterocycles. The predicted molar refractivity (Wildman–Crippen MR) is 116 cm³/mol. The zero-order chi connectivity index (χ0) is 20.4. The van der Waals surface area contributed by atoms with Gasteiger partial charge in [0.15, 0.2) is 0 Å². The van der Waals surface area contributed by atoms with Gasteiger partial charge >= 0.3 is 0 Å². The molecular formula is C19H18ClN3O3S3. The van der Waals surface area contributed by atoms with E-state index in [4.69, 9.17) is 11.6 Å². The van der Waals surface area contributed by atoms with E-state index in [1.54, 1.807) is 34.4 Å². The predicted octanol–water partition coefficient (Wildman–Crippen LogP) is 3.60. The Morgan fingerprint density at radius 3 is 2.52 bits per heavy atom. The highest BCUT2D eigenvalue weighted by molar-refractivity contribution is 7.89. The molecule has 1 saturated heterocycles. The third-order valence-electron chi connectivity index (χ3n) is 4.66. The molecule has 1 aliphatic heterocycles. The van der Waals surface area contributed by atoms with E-state index in [1.807, 2.05) is 22.9 Å². The molecule has 10 heteroatoms. The fraction of sp³-hybridized carbons (Fsp3) is 0.263. The molecule has 29 heavy (non-hydrogen) atoms. The van der Waals surface area contributed by atoms with E-state index in [0.29, 0.717) is 13.1 Å². The molecule has 1 aliphatic rings. The molecule has 0 saturated carbocycles. The first-order chi connectivity index (χ1) is 13.9. The van der Waals surface area contributed by atoms with Gasteiger partial charge < -0.3 is 4.90 Å². The van der Waals surface area contributed by atoms with Crippen LogP contribution in [-0.2, 0) is 21.2 Å². The highest BCUT2D eigenvalue weighted by Crippen LogP contribution is 2.28. The Labute approximate surface area is 182 Å². The normalized spacial score (nSPS) is 15.6. The van der Waals surface area contributed by atoms with Crippen LogP contribution in [0, 0.1) is 0 Å². The van der Waals surface area contributed by atoms with Crippen LogP contribution in [0.25, 0.3) is 9.88 Å². The second-order valence-electron chi connectivity index (χ2n) is 6.51. The topological polar surface area (TPSA) is 70.6 Å². The van der Waals surface area contributed by atoms with Crippen molar-refractivity contribution in [1.29, 1.82) is 0 Å². The fourth-order valence-electron chi connectivity index (χ4n) is 3.14. The second-order valence-corrected chi connectivity index (χ2v) is 10.6. The minimum absolute atomic E-state index is 0.0391. The molecular weight excluding hydrogens is 450 g/mol. The lowest BCUT2D eigenvalue weighted by molar-refractivity contribution is -0.131. The van der Waals surface area contributed by atoms with Gasteiger partial charge in [0.1, 0.15) is 9.90 Å². The number of hydrogen-bond donors (Lipinski definition) is 0. The molecule has 0 unspecified atom stereocenters. The van der Waals surface area contributed by atoms with E-state index in [9.17, 15) is 13.2 Å². The van der Waals surface area contributed by atoms with E-state index in [-0.39, 0.29) is 35.3 Å². The molecule has 0 aliphatic carbocycles. The quantitative estimate of drug-likeness (QED) is 0.574. The van der Waals surface area contributed by atoms with Gasteiger partial charge in [-0.1, -0.05) is 29.8 Å². The summed E-state index contributed by atoms with van der Waals surface area (Å²) in [5.41, 5.74) is 0.745. The number of rotatable bonds is 5. The van der Waals surface area contributed by atoms with Crippen molar-refractivity contribution in [3.8, 4) is 9.88 Å². The molecule has 2 aromatic heterocycles. The van der Waals surface area contributed by atoms with Crippen molar-refractivity contribution in [2.45, 2.75) is 11.3 Å². The first kappa shape index (κ1) is 20.5. The zero-order valence-electron chi connectivity index (χ0n) is 15.3. The number of nitrogens with zero attached hydrogens (tertiary/aromatic N) is 3. The monoisotopic (exact) mass is 467 g/mol. The average molecular weight is 468 g/mol. The van der Waals surface area contributed by atoms with Gasteiger partial charge in [-0.3, -0.25) is 4.79 Å². The summed E-state index contributed by atoms with van der Waals surface area (Å²) in [5, 5.41) is 5.03. The molecule has 0 radical (unpaired) electrons. The lowest BCUT2D eigenvalue weighted by Gasteiger charge is -2.34. The van der Waals surface area contributed by atoms with Crippen molar-refractivity contribution < 1.29 is 13.2 Å². The number of sulfonamides is 1. The number of piperazine rings is 1. The number of carbonyl (C=O) groups is 1. The van der Waals surface area contributed by atoms with Gasteiger partial charge in [-0.25, -0.2) is 13.4 Å². The minimum atomic E-state index is -3.67. The number of carbonyl (C=O) groups excluding carboxylic acids is 1. The SMILES string of the molecule is O=C(Cc1csc(-c2cccs2)n1)N1CCN(S(=O)(=O)c2ccccc2Cl)CC1. The van der Waals surface area contributed by atoms with E-state index < -0.39 is 10.0 Å².